The summed E-state index contributed by atoms with van der Waals surface area (Å²) < 4.78 is 13.0. The van der Waals surface area contributed by atoms with E-state index in [0.717, 1.165) is 44.7 Å². The maximum absolute atomic E-state index is 13.0. The van der Waals surface area contributed by atoms with Crippen molar-refractivity contribution in [1.82, 2.24) is 4.90 Å². The van der Waals surface area contributed by atoms with Crippen LogP contribution in [0.15, 0.2) is 29.3 Å². The van der Waals surface area contributed by atoms with E-state index in [1.54, 1.807) is 12.1 Å². The van der Waals surface area contributed by atoms with E-state index in [4.69, 9.17) is 5.73 Å². The molecule has 1 saturated heterocycles. The fourth-order valence-electron chi connectivity index (χ4n) is 2.74. The van der Waals surface area contributed by atoms with Crippen LogP contribution in [0.5, 0.6) is 0 Å². The molecule has 0 spiro atoms. The predicted octanol–water partition coefficient (Wildman–Crippen LogP) is 1.65. The second-order valence-corrected chi connectivity index (χ2v) is 6.28. The van der Waals surface area contributed by atoms with Gasteiger partial charge in [0.15, 0.2) is 5.96 Å². The summed E-state index contributed by atoms with van der Waals surface area (Å²) in [5.41, 5.74) is 7.10. The van der Waals surface area contributed by atoms with Crippen LogP contribution in [-0.4, -0.2) is 55.3 Å². The number of benzene rings is 1. The molecule has 3 rings (SSSR count). The van der Waals surface area contributed by atoms with Gasteiger partial charge in [-0.25, -0.2) is 4.39 Å². The van der Waals surface area contributed by atoms with Crippen LogP contribution in [0, 0.1) is 11.2 Å². The second-order valence-electron chi connectivity index (χ2n) is 6.28. The number of piperazine rings is 1. The first-order valence-corrected chi connectivity index (χ1v) is 7.78. The Hall–Kier alpha value is -1.09. The number of aliphatic hydroxyl groups excluding tert-OH is 1. The minimum absolute atomic E-state index is 0. The highest BCUT2D eigenvalue weighted by molar-refractivity contribution is 14.0. The van der Waals surface area contributed by atoms with Crippen molar-refractivity contribution in [3.05, 3.63) is 30.1 Å². The molecule has 7 heteroatoms. The van der Waals surface area contributed by atoms with E-state index in [0.29, 0.717) is 12.5 Å². The van der Waals surface area contributed by atoms with Crippen molar-refractivity contribution in [2.24, 2.45) is 16.1 Å². The van der Waals surface area contributed by atoms with Crippen molar-refractivity contribution >= 4 is 35.6 Å². The summed E-state index contributed by atoms with van der Waals surface area (Å²) in [6.45, 7) is 4.10. The monoisotopic (exact) mass is 434 g/mol. The molecular formula is C16H24FIN4O. The van der Waals surface area contributed by atoms with Crippen LogP contribution >= 0.6 is 24.0 Å². The Kier molecular flexibility index (Phi) is 6.07. The average Bonchev–Trinajstić information content (AvgIpc) is 3.34. The second kappa shape index (κ2) is 7.65. The molecular weight excluding hydrogens is 410 g/mol. The molecule has 1 aliphatic heterocycles. The summed E-state index contributed by atoms with van der Waals surface area (Å²) in [7, 11) is 0. The van der Waals surface area contributed by atoms with Gasteiger partial charge in [0.25, 0.3) is 0 Å². The maximum Gasteiger partial charge on any atom is 0.191 e. The largest absolute Gasteiger partial charge is 0.396 e. The van der Waals surface area contributed by atoms with Gasteiger partial charge in [-0.1, -0.05) is 0 Å². The van der Waals surface area contributed by atoms with E-state index < -0.39 is 0 Å². The SMILES string of the molecule is I.NC(=NCC1(CO)CC1)N1CCN(c2ccc(F)cc2)CC1. The zero-order valence-electron chi connectivity index (χ0n) is 13.1. The molecule has 1 heterocycles. The summed E-state index contributed by atoms with van der Waals surface area (Å²) in [5.74, 6) is 0.357. The van der Waals surface area contributed by atoms with Crippen LogP contribution in [0.2, 0.25) is 0 Å². The van der Waals surface area contributed by atoms with Gasteiger partial charge in [-0.05, 0) is 37.1 Å². The maximum atomic E-state index is 13.0. The fraction of sp³-hybridized carbons (Fsp3) is 0.562. The number of hydrogen-bond donors (Lipinski definition) is 2. The smallest absolute Gasteiger partial charge is 0.191 e. The molecule has 0 aromatic heterocycles. The third-order valence-corrected chi connectivity index (χ3v) is 4.66. The molecule has 1 aromatic rings. The Bertz CT molecular complexity index is 540. The van der Waals surface area contributed by atoms with Crippen molar-refractivity contribution < 1.29 is 9.50 Å². The summed E-state index contributed by atoms with van der Waals surface area (Å²) in [5, 5.41) is 9.30. The molecule has 128 valence electrons. The van der Waals surface area contributed by atoms with Gasteiger partial charge in [0.2, 0.25) is 0 Å². The molecule has 0 unspecified atom stereocenters. The van der Waals surface area contributed by atoms with E-state index in [1.807, 2.05) is 0 Å². The molecule has 2 fully saturated rings. The normalized spacial score (nSPS) is 20.2. The van der Waals surface area contributed by atoms with Crippen LogP contribution in [0.25, 0.3) is 0 Å². The highest BCUT2D eigenvalue weighted by Crippen LogP contribution is 2.45. The number of nitrogens with zero attached hydrogens (tertiary/aromatic N) is 3. The van der Waals surface area contributed by atoms with Gasteiger partial charge in [0.1, 0.15) is 5.82 Å². The fourth-order valence-corrected chi connectivity index (χ4v) is 2.74. The lowest BCUT2D eigenvalue weighted by Gasteiger charge is -2.36. The molecule has 0 bridgehead atoms. The van der Waals surface area contributed by atoms with Crippen LogP contribution in [0.3, 0.4) is 0 Å². The van der Waals surface area contributed by atoms with Crippen molar-refractivity contribution in [2.75, 3.05) is 44.2 Å². The highest BCUT2D eigenvalue weighted by Gasteiger charge is 2.41. The number of aliphatic imine (C=N–C) groups is 1. The number of nitrogens with two attached hydrogens (primary N) is 1. The van der Waals surface area contributed by atoms with Crippen molar-refractivity contribution in [3.8, 4) is 0 Å². The van der Waals surface area contributed by atoms with Gasteiger partial charge >= 0.3 is 0 Å². The van der Waals surface area contributed by atoms with Gasteiger partial charge in [-0.2, -0.15) is 0 Å². The molecule has 5 nitrogen and oxygen atoms in total. The Labute approximate surface area is 153 Å². The molecule has 2 aliphatic rings. The molecule has 0 amide bonds. The molecule has 0 radical (unpaired) electrons. The Morgan fingerprint density at radius 2 is 1.78 bits per heavy atom. The van der Waals surface area contributed by atoms with Crippen LogP contribution < -0.4 is 10.6 Å². The van der Waals surface area contributed by atoms with Crippen molar-refractivity contribution in [1.29, 1.82) is 0 Å². The van der Waals surface area contributed by atoms with E-state index in [1.165, 1.54) is 12.1 Å². The zero-order valence-corrected chi connectivity index (χ0v) is 15.4. The van der Waals surface area contributed by atoms with Crippen LogP contribution in [-0.2, 0) is 0 Å². The Balaban J connectivity index is 0.00000192. The highest BCUT2D eigenvalue weighted by atomic mass is 127. The lowest BCUT2D eigenvalue weighted by molar-refractivity contribution is 0.216. The third-order valence-electron chi connectivity index (χ3n) is 4.66. The quantitative estimate of drug-likeness (QED) is 0.430. The van der Waals surface area contributed by atoms with E-state index in [2.05, 4.69) is 14.8 Å². The number of anilines is 1. The van der Waals surface area contributed by atoms with Crippen molar-refractivity contribution in [3.63, 3.8) is 0 Å². The summed E-state index contributed by atoms with van der Waals surface area (Å²) in [4.78, 5) is 8.75. The first-order chi connectivity index (χ1) is 10.6. The Morgan fingerprint density at radius 3 is 2.30 bits per heavy atom. The first-order valence-electron chi connectivity index (χ1n) is 7.78. The molecule has 0 atom stereocenters. The molecule has 3 N–H and O–H groups in total. The lowest BCUT2D eigenvalue weighted by Crippen LogP contribution is -2.51. The number of aliphatic hydroxyl groups is 1. The molecule has 1 aliphatic carbocycles. The standard InChI is InChI=1S/C16H23FN4O.HI/c17-13-1-3-14(4-2-13)20-7-9-21(10-8-20)15(18)19-11-16(12-22)5-6-16;/h1-4,22H,5-12H2,(H2,18,19);1H. The average molecular weight is 434 g/mol. The summed E-state index contributed by atoms with van der Waals surface area (Å²) >= 11 is 0. The summed E-state index contributed by atoms with van der Waals surface area (Å²) in [6.07, 6.45) is 2.08. The van der Waals surface area contributed by atoms with Gasteiger partial charge < -0.3 is 20.6 Å². The van der Waals surface area contributed by atoms with E-state index in [-0.39, 0.29) is 41.8 Å². The number of hydrogen-bond acceptors (Lipinski definition) is 3. The van der Waals surface area contributed by atoms with E-state index >= 15 is 0 Å². The van der Waals surface area contributed by atoms with Gasteiger partial charge in [0.05, 0.1) is 13.2 Å². The van der Waals surface area contributed by atoms with Crippen LogP contribution in [0.1, 0.15) is 12.8 Å². The minimum Gasteiger partial charge on any atom is -0.396 e. The molecule has 1 aromatic carbocycles. The number of halogens is 2. The van der Waals surface area contributed by atoms with E-state index in [9.17, 15) is 9.50 Å². The zero-order chi connectivity index (χ0) is 15.6. The Morgan fingerprint density at radius 1 is 1.17 bits per heavy atom. The van der Waals surface area contributed by atoms with Crippen LogP contribution in [0.4, 0.5) is 10.1 Å². The minimum atomic E-state index is -0.211. The van der Waals surface area contributed by atoms with Gasteiger partial charge in [-0.3, -0.25) is 4.99 Å². The molecule has 23 heavy (non-hydrogen) atoms. The van der Waals surface area contributed by atoms with Crippen molar-refractivity contribution in [2.45, 2.75) is 12.8 Å². The summed E-state index contributed by atoms with van der Waals surface area (Å²) in [6, 6.07) is 6.59. The number of rotatable bonds is 4. The van der Waals surface area contributed by atoms with Gasteiger partial charge in [-0.15, -0.1) is 24.0 Å². The topological polar surface area (TPSA) is 65.1 Å². The first kappa shape index (κ1) is 18.3. The lowest BCUT2D eigenvalue weighted by atomic mass is 10.1. The van der Waals surface area contributed by atoms with Gasteiger partial charge in [0, 0.05) is 37.3 Å². The third kappa shape index (κ3) is 4.47. The predicted molar refractivity (Wildman–Crippen MR) is 101 cm³/mol. The number of guanidine groups is 1. The molecule has 1 saturated carbocycles.